The van der Waals surface area contributed by atoms with Gasteiger partial charge in [-0.1, -0.05) is 28.1 Å². The number of likely N-dealkylation sites (tertiary alicyclic amines) is 1. The number of carbonyl (C=O) groups is 1. The number of rotatable bonds is 2. The third-order valence-corrected chi connectivity index (χ3v) is 5.54. The van der Waals surface area contributed by atoms with Crippen molar-refractivity contribution in [3.63, 3.8) is 0 Å². The van der Waals surface area contributed by atoms with Crippen molar-refractivity contribution in [2.24, 2.45) is 0 Å². The molecule has 0 radical (unpaired) electrons. The maximum Gasteiger partial charge on any atom is 0.323 e. The highest BCUT2D eigenvalue weighted by molar-refractivity contribution is 9.10. The third kappa shape index (κ3) is 2.47. The monoisotopic (exact) mass is 462 g/mol. The first-order chi connectivity index (χ1) is 13.0. The van der Waals surface area contributed by atoms with Crippen molar-refractivity contribution in [3.05, 3.63) is 57.8 Å². The molecular weight excluding hydrogens is 451 g/mol. The Balaban J connectivity index is 2.01. The Hall–Kier alpha value is -2.20. The standard InChI is InChI=1S/C18H12BrF5N2O2/c19-10-5-12-14(13(20)6-10)25-15(28)18(12,9-1-3-11(27)4-2-9)26-7-16(21,22)17(23,24)8-26/h1-6,27H,7-8H2,(H,25,28). The zero-order valence-corrected chi connectivity index (χ0v) is 15.5. The summed E-state index contributed by atoms with van der Waals surface area (Å²) >= 11 is 3.09. The van der Waals surface area contributed by atoms with Gasteiger partial charge >= 0.3 is 11.8 Å². The number of phenols is 1. The van der Waals surface area contributed by atoms with Crippen LogP contribution in [0.1, 0.15) is 11.1 Å². The second kappa shape index (κ2) is 5.90. The van der Waals surface area contributed by atoms with Crippen LogP contribution < -0.4 is 5.32 Å². The van der Waals surface area contributed by atoms with E-state index in [9.17, 15) is 31.9 Å². The Kier molecular flexibility index (Phi) is 4.03. The zero-order chi connectivity index (χ0) is 20.5. The Labute approximate surface area is 164 Å². The molecule has 2 aromatic rings. The van der Waals surface area contributed by atoms with Gasteiger partial charge < -0.3 is 10.4 Å². The molecule has 0 saturated carbocycles. The Morgan fingerprint density at radius 1 is 1.04 bits per heavy atom. The van der Waals surface area contributed by atoms with Gasteiger partial charge in [0.1, 0.15) is 11.6 Å². The quantitative estimate of drug-likeness (QED) is 0.661. The minimum Gasteiger partial charge on any atom is -0.508 e. The lowest BCUT2D eigenvalue weighted by molar-refractivity contribution is -0.172. The Morgan fingerprint density at radius 2 is 1.61 bits per heavy atom. The smallest absolute Gasteiger partial charge is 0.323 e. The molecule has 0 aromatic heterocycles. The molecule has 2 aliphatic heterocycles. The lowest BCUT2D eigenvalue weighted by Crippen LogP contribution is -2.51. The summed E-state index contributed by atoms with van der Waals surface area (Å²) in [6, 6.07) is 7.32. The molecule has 2 aliphatic rings. The molecule has 10 heteroatoms. The number of aromatic hydroxyl groups is 1. The number of hydrogen-bond donors (Lipinski definition) is 2. The van der Waals surface area contributed by atoms with Crippen LogP contribution in [0.2, 0.25) is 0 Å². The van der Waals surface area contributed by atoms with Crippen LogP contribution in [-0.2, 0) is 10.3 Å². The molecule has 0 aliphatic carbocycles. The van der Waals surface area contributed by atoms with Crippen molar-refractivity contribution < 1.29 is 31.9 Å². The van der Waals surface area contributed by atoms with E-state index < -0.39 is 42.2 Å². The van der Waals surface area contributed by atoms with Crippen LogP contribution in [0.4, 0.5) is 27.6 Å². The van der Waals surface area contributed by atoms with E-state index >= 15 is 0 Å². The van der Waals surface area contributed by atoms with E-state index in [4.69, 9.17) is 0 Å². The van der Waals surface area contributed by atoms with Gasteiger partial charge in [-0.05, 0) is 29.8 Å². The van der Waals surface area contributed by atoms with E-state index in [1.807, 2.05) is 0 Å². The van der Waals surface area contributed by atoms with Gasteiger partial charge in [-0.2, -0.15) is 17.6 Å². The summed E-state index contributed by atoms with van der Waals surface area (Å²) in [5.74, 6) is -10.7. The molecule has 1 amide bonds. The van der Waals surface area contributed by atoms with Gasteiger partial charge in [0.15, 0.2) is 5.54 Å². The maximum absolute atomic E-state index is 14.4. The molecule has 2 N–H and O–H groups in total. The molecule has 0 bridgehead atoms. The summed E-state index contributed by atoms with van der Waals surface area (Å²) in [4.78, 5) is 13.7. The minimum absolute atomic E-state index is 0.0487. The summed E-state index contributed by atoms with van der Waals surface area (Å²) in [5.41, 5.74) is -2.40. The molecule has 1 atom stereocenters. The molecule has 0 spiro atoms. The number of hydrogen-bond acceptors (Lipinski definition) is 3. The van der Waals surface area contributed by atoms with E-state index in [1.54, 1.807) is 0 Å². The number of nitrogens with zero attached hydrogens (tertiary/aromatic N) is 1. The van der Waals surface area contributed by atoms with Crippen LogP contribution in [-0.4, -0.2) is 40.8 Å². The minimum atomic E-state index is -4.37. The van der Waals surface area contributed by atoms with E-state index in [2.05, 4.69) is 21.2 Å². The number of anilines is 1. The lowest BCUT2D eigenvalue weighted by Gasteiger charge is -2.37. The molecule has 1 fully saturated rings. The molecule has 2 heterocycles. The van der Waals surface area contributed by atoms with Crippen LogP contribution in [0.3, 0.4) is 0 Å². The van der Waals surface area contributed by atoms with Crippen LogP contribution in [0, 0.1) is 5.82 Å². The van der Waals surface area contributed by atoms with Crippen LogP contribution in [0.15, 0.2) is 40.9 Å². The number of benzene rings is 2. The number of halogens is 6. The summed E-state index contributed by atoms with van der Waals surface area (Å²) < 4.78 is 70.6. The molecular formula is C18H12BrF5N2O2. The molecule has 148 valence electrons. The van der Waals surface area contributed by atoms with Crippen molar-refractivity contribution >= 4 is 27.5 Å². The maximum atomic E-state index is 14.4. The second-order valence-corrected chi connectivity index (χ2v) is 7.70. The van der Waals surface area contributed by atoms with Crippen LogP contribution in [0.25, 0.3) is 0 Å². The van der Waals surface area contributed by atoms with Crippen molar-refractivity contribution in [3.8, 4) is 5.75 Å². The topological polar surface area (TPSA) is 52.6 Å². The first-order valence-electron chi connectivity index (χ1n) is 8.10. The molecule has 1 unspecified atom stereocenters. The Morgan fingerprint density at radius 3 is 2.18 bits per heavy atom. The SMILES string of the molecule is O=C1Nc2c(F)cc(Br)cc2C1(c1ccc(O)cc1)N1CC(F)(F)C(F)(F)C1. The number of phenolic OH excluding ortho intramolecular Hbond substituents is 1. The van der Waals surface area contributed by atoms with E-state index in [0.717, 1.165) is 6.07 Å². The predicted octanol–water partition coefficient (Wildman–Crippen LogP) is 4.08. The van der Waals surface area contributed by atoms with Crippen molar-refractivity contribution in [1.29, 1.82) is 0 Å². The van der Waals surface area contributed by atoms with Gasteiger partial charge in [0.2, 0.25) is 0 Å². The second-order valence-electron chi connectivity index (χ2n) is 6.79. The number of alkyl halides is 4. The van der Waals surface area contributed by atoms with Crippen molar-refractivity contribution in [2.45, 2.75) is 17.4 Å². The summed E-state index contributed by atoms with van der Waals surface area (Å²) in [6.07, 6.45) is 0. The van der Waals surface area contributed by atoms with Crippen LogP contribution in [0.5, 0.6) is 5.75 Å². The van der Waals surface area contributed by atoms with E-state index in [0.29, 0.717) is 4.90 Å². The zero-order valence-electron chi connectivity index (χ0n) is 13.9. The van der Waals surface area contributed by atoms with Gasteiger partial charge in [-0.25, -0.2) is 4.39 Å². The van der Waals surface area contributed by atoms with E-state index in [-0.39, 0.29) is 27.0 Å². The average molecular weight is 463 g/mol. The highest BCUT2D eigenvalue weighted by Crippen LogP contribution is 2.53. The van der Waals surface area contributed by atoms with Crippen molar-refractivity contribution in [2.75, 3.05) is 18.4 Å². The normalized spacial score (nSPS) is 25.6. The molecule has 2 aromatic carbocycles. The fourth-order valence-corrected chi connectivity index (χ4v) is 4.23. The van der Waals surface area contributed by atoms with Gasteiger partial charge in [-0.15, -0.1) is 0 Å². The summed E-state index contributed by atoms with van der Waals surface area (Å²) in [7, 11) is 0. The first-order valence-corrected chi connectivity index (χ1v) is 8.89. The first kappa shape index (κ1) is 19.1. The van der Waals surface area contributed by atoms with Crippen molar-refractivity contribution in [1.82, 2.24) is 4.90 Å². The van der Waals surface area contributed by atoms with Gasteiger partial charge in [0.25, 0.3) is 5.91 Å². The van der Waals surface area contributed by atoms with Crippen LogP contribution >= 0.6 is 15.9 Å². The predicted molar refractivity (Wildman–Crippen MR) is 93.1 cm³/mol. The molecule has 4 nitrogen and oxygen atoms in total. The molecule has 1 saturated heterocycles. The average Bonchev–Trinajstić information content (AvgIpc) is 2.99. The highest BCUT2D eigenvalue weighted by atomic mass is 79.9. The number of fused-ring (bicyclic) bond motifs is 1. The van der Waals surface area contributed by atoms with Gasteiger partial charge in [-0.3, -0.25) is 9.69 Å². The summed E-state index contributed by atoms with van der Waals surface area (Å²) in [5, 5.41) is 11.8. The molecule has 28 heavy (non-hydrogen) atoms. The number of amides is 1. The Bertz CT molecular complexity index is 967. The fourth-order valence-electron chi connectivity index (χ4n) is 3.80. The highest BCUT2D eigenvalue weighted by Gasteiger charge is 2.68. The van der Waals surface area contributed by atoms with E-state index in [1.165, 1.54) is 30.3 Å². The summed E-state index contributed by atoms with van der Waals surface area (Å²) in [6.45, 7) is -2.80. The molecule has 4 rings (SSSR count). The largest absolute Gasteiger partial charge is 0.508 e. The van der Waals surface area contributed by atoms with Gasteiger partial charge in [0.05, 0.1) is 18.8 Å². The lowest BCUT2D eigenvalue weighted by atomic mass is 9.82. The number of carbonyl (C=O) groups excluding carboxylic acids is 1. The number of nitrogens with one attached hydrogen (secondary N) is 1. The third-order valence-electron chi connectivity index (χ3n) is 5.09. The fraction of sp³-hybridized carbons (Fsp3) is 0.278. The van der Waals surface area contributed by atoms with Gasteiger partial charge in [0, 0.05) is 10.0 Å².